The molecule has 0 spiro atoms. The molecule has 3 heterocycles. The maximum absolute atomic E-state index is 4.53. The van der Waals surface area contributed by atoms with Crippen LogP contribution >= 0.6 is 11.8 Å². The van der Waals surface area contributed by atoms with Crippen molar-refractivity contribution in [2.24, 2.45) is 0 Å². The van der Waals surface area contributed by atoms with E-state index in [2.05, 4.69) is 80.8 Å². The lowest BCUT2D eigenvalue weighted by Gasteiger charge is -2.43. The molecule has 0 amide bonds. The summed E-state index contributed by atoms with van der Waals surface area (Å²) in [6, 6.07) is 20.9. The van der Waals surface area contributed by atoms with E-state index in [1.54, 1.807) is 37.1 Å². The van der Waals surface area contributed by atoms with Crippen LogP contribution in [0.2, 0.25) is 0 Å². The van der Waals surface area contributed by atoms with Crippen molar-refractivity contribution in [1.82, 2.24) is 29.5 Å². The lowest BCUT2D eigenvalue weighted by Crippen LogP contribution is -2.46. The molecule has 0 saturated carbocycles. The van der Waals surface area contributed by atoms with Crippen LogP contribution in [0.3, 0.4) is 0 Å². The zero-order valence-electron chi connectivity index (χ0n) is 15.0. The van der Waals surface area contributed by atoms with Crippen LogP contribution in [0, 0.1) is 0 Å². The lowest BCUT2D eigenvalue weighted by molar-refractivity contribution is 0.276. The van der Waals surface area contributed by atoms with Gasteiger partial charge < -0.3 is 0 Å². The Morgan fingerprint density at radius 2 is 1.29 bits per heavy atom. The van der Waals surface area contributed by atoms with E-state index in [0.717, 1.165) is 0 Å². The molecular formula is C21H18N6S. The number of aromatic nitrogens is 6. The zero-order chi connectivity index (χ0) is 18.8. The largest absolute Gasteiger partial charge is 0.223 e. The van der Waals surface area contributed by atoms with E-state index in [4.69, 9.17) is 0 Å². The normalized spacial score (nSPS) is 20.9. The van der Waals surface area contributed by atoms with Crippen molar-refractivity contribution in [3.05, 3.63) is 109 Å². The van der Waals surface area contributed by atoms with Crippen molar-refractivity contribution in [1.29, 1.82) is 0 Å². The summed E-state index contributed by atoms with van der Waals surface area (Å²) in [5.74, 6) is 0.00191. The Bertz CT molecular complexity index is 1010. The SMILES string of the molecule is C1=CC(c2ccccc2)C(n2cncn2)(n2cncn2)SC1c1ccccc1. The molecule has 2 aromatic carbocycles. The van der Waals surface area contributed by atoms with E-state index in [1.807, 2.05) is 21.5 Å². The zero-order valence-corrected chi connectivity index (χ0v) is 15.8. The van der Waals surface area contributed by atoms with E-state index < -0.39 is 4.99 Å². The van der Waals surface area contributed by atoms with Gasteiger partial charge >= 0.3 is 0 Å². The van der Waals surface area contributed by atoms with Crippen LogP contribution in [0.4, 0.5) is 0 Å². The standard InChI is InChI=1S/C21H18N6S/c1-3-7-17(8-4-1)19-11-12-20(18-9-5-2-6-10-18)28-21(19,26-15-22-13-24-26)27-16-23-14-25-27/h1-16,19-20H. The van der Waals surface area contributed by atoms with Gasteiger partial charge in [0, 0.05) is 0 Å². The minimum absolute atomic E-state index is 0.00191. The molecule has 2 aromatic heterocycles. The van der Waals surface area contributed by atoms with E-state index >= 15 is 0 Å². The molecule has 28 heavy (non-hydrogen) atoms. The molecule has 2 atom stereocenters. The summed E-state index contributed by atoms with van der Waals surface area (Å²) in [5.41, 5.74) is 2.42. The van der Waals surface area contributed by atoms with Gasteiger partial charge in [-0.1, -0.05) is 84.6 Å². The first-order valence-corrected chi connectivity index (χ1v) is 9.92. The fraction of sp³-hybridized carbons (Fsp3) is 0.143. The Morgan fingerprint density at radius 1 is 0.714 bits per heavy atom. The van der Waals surface area contributed by atoms with Crippen molar-refractivity contribution in [3.8, 4) is 0 Å². The summed E-state index contributed by atoms with van der Waals surface area (Å²) in [7, 11) is 0. The third kappa shape index (κ3) is 2.75. The quantitative estimate of drug-likeness (QED) is 0.499. The number of rotatable bonds is 4. The topological polar surface area (TPSA) is 61.4 Å². The highest BCUT2D eigenvalue weighted by Crippen LogP contribution is 2.54. The predicted molar refractivity (Wildman–Crippen MR) is 109 cm³/mol. The second-order valence-electron chi connectivity index (χ2n) is 6.56. The van der Waals surface area contributed by atoms with Crippen LogP contribution in [0.15, 0.2) is 98.1 Å². The lowest BCUT2D eigenvalue weighted by atomic mass is 9.93. The molecule has 0 aliphatic carbocycles. The number of benzene rings is 2. The van der Waals surface area contributed by atoms with Crippen LogP contribution in [-0.4, -0.2) is 29.5 Å². The summed E-state index contributed by atoms with van der Waals surface area (Å²) in [4.78, 5) is 7.80. The third-order valence-electron chi connectivity index (χ3n) is 4.96. The van der Waals surface area contributed by atoms with Crippen molar-refractivity contribution in [2.45, 2.75) is 16.2 Å². The van der Waals surface area contributed by atoms with Gasteiger partial charge in [-0.25, -0.2) is 19.3 Å². The van der Waals surface area contributed by atoms with Crippen molar-refractivity contribution >= 4 is 11.8 Å². The number of hydrogen-bond donors (Lipinski definition) is 0. The van der Waals surface area contributed by atoms with Crippen LogP contribution in [-0.2, 0) is 4.99 Å². The van der Waals surface area contributed by atoms with Gasteiger partial charge in [0.25, 0.3) is 0 Å². The fourth-order valence-electron chi connectivity index (χ4n) is 3.69. The smallest absolute Gasteiger partial charge is 0.215 e. The van der Waals surface area contributed by atoms with E-state index in [9.17, 15) is 0 Å². The summed E-state index contributed by atoms with van der Waals surface area (Å²) in [6.45, 7) is 0. The number of thioether (sulfide) groups is 1. The second kappa shape index (κ2) is 7.09. The van der Waals surface area contributed by atoms with E-state index in [1.165, 1.54) is 11.1 Å². The van der Waals surface area contributed by atoms with E-state index in [0.29, 0.717) is 0 Å². The van der Waals surface area contributed by atoms with E-state index in [-0.39, 0.29) is 11.2 Å². The minimum atomic E-state index is -0.663. The summed E-state index contributed by atoms with van der Waals surface area (Å²) in [5, 5.41) is 9.22. The number of allylic oxidation sites excluding steroid dienone is 1. The molecule has 138 valence electrons. The van der Waals surface area contributed by atoms with Gasteiger partial charge in [0.2, 0.25) is 4.99 Å². The molecule has 1 aliphatic rings. The average Bonchev–Trinajstić information content (AvgIpc) is 3.49. The molecule has 0 fully saturated rings. The van der Waals surface area contributed by atoms with Crippen molar-refractivity contribution < 1.29 is 0 Å². The molecule has 0 N–H and O–H groups in total. The molecule has 0 bridgehead atoms. The Hall–Kier alpha value is -3.19. The Labute approximate surface area is 167 Å². The molecular weight excluding hydrogens is 368 g/mol. The highest BCUT2D eigenvalue weighted by molar-refractivity contribution is 8.00. The Morgan fingerprint density at radius 3 is 1.82 bits per heavy atom. The van der Waals surface area contributed by atoms with Gasteiger partial charge in [-0.3, -0.25) is 0 Å². The highest BCUT2D eigenvalue weighted by atomic mass is 32.2. The molecule has 1 aliphatic heterocycles. The molecule has 6 nitrogen and oxygen atoms in total. The molecule has 7 heteroatoms. The molecule has 4 aromatic rings. The second-order valence-corrected chi connectivity index (χ2v) is 7.91. The number of hydrogen-bond acceptors (Lipinski definition) is 5. The molecule has 0 radical (unpaired) electrons. The number of nitrogens with zero attached hydrogens (tertiary/aromatic N) is 6. The van der Waals surface area contributed by atoms with Gasteiger partial charge in [-0.15, -0.1) is 0 Å². The average molecular weight is 386 g/mol. The van der Waals surface area contributed by atoms with Gasteiger partial charge in [-0.05, 0) is 11.1 Å². The van der Waals surface area contributed by atoms with Crippen LogP contribution in [0.25, 0.3) is 0 Å². The fourth-order valence-corrected chi connectivity index (χ4v) is 5.29. The summed E-state index contributed by atoms with van der Waals surface area (Å²) >= 11 is 1.78. The molecule has 2 unspecified atom stereocenters. The molecule has 5 rings (SSSR count). The van der Waals surface area contributed by atoms with Crippen LogP contribution < -0.4 is 0 Å². The first-order chi connectivity index (χ1) is 13.9. The third-order valence-corrected chi connectivity index (χ3v) is 6.62. The maximum Gasteiger partial charge on any atom is 0.215 e. The summed E-state index contributed by atoms with van der Waals surface area (Å²) < 4.78 is 3.78. The highest BCUT2D eigenvalue weighted by Gasteiger charge is 2.48. The Balaban J connectivity index is 1.73. The summed E-state index contributed by atoms with van der Waals surface area (Å²) in [6.07, 6.45) is 11.2. The Kier molecular flexibility index (Phi) is 4.29. The predicted octanol–water partition coefficient (Wildman–Crippen LogP) is 3.86. The molecule has 0 saturated heterocycles. The van der Waals surface area contributed by atoms with Gasteiger partial charge in [0.15, 0.2) is 0 Å². The van der Waals surface area contributed by atoms with Crippen LogP contribution in [0.1, 0.15) is 22.3 Å². The van der Waals surface area contributed by atoms with Gasteiger partial charge in [0.05, 0.1) is 11.2 Å². The minimum Gasteiger partial charge on any atom is -0.223 e. The van der Waals surface area contributed by atoms with Gasteiger partial charge in [-0.2, -0.15) is 10.2 Å². The maximum atomic E-state index is 4.53. The van der Waals surface area contributed by atoms with Crippen LogP contribution in [0.5, 0.6) is 0 Å². The first kappa shape index (κ1) is 16.9. The van der Waals surface area contributed by atoms with Crippen molar-refractivity contribution in [2.75, 3.05) is 0 Å². The monoisotopic (exact) mass is 386 g/mol. The first-order valence-electron chi connectivity index (χ1n) is 9.04. The van der Waals surface area contributed by atoms with Gasteiger partial charge in [0.1, 0.15) is 25.3 Å². The van der Waals surface area contributed by atoms with Crippen molar-refractivity contribution in [3.63, 3.8) is 0 Å².